The van der Waals surface area contributed by atoms with Crippen LogP contribution in [0, 0.1) is 5.82 Å². The molecule has 1 atom stereocenters. The molecular formula is C9H10FNO2. The van der Waals surface area contributed by atoms with Crippen molar-refractivity contribution in [3.05, 3.63) is 35.6 Å². The molecule has 0 aromatic heterocycles. The van der Waals surface area contributed by atoms with Gasteiger partial charge in [-0.05, 0) is 13.0 Å². The maximum atomic E-state index is 13.1. The molecule has 0 aliphatic heterocycles. The summed E-state index contributed by atoms with van der Waals surface area (Å²) in [6, 6.07) is 5.58. The van der Waals surface area contributed by atoms with E-state index in [1.165, 1.54) is 25.1 Å². The lowest BCUT2D eigenvalue weighted by Crippen LogP contribution is -2.42. The second kappa shape index (κ2) is 3.14. The summed E-state index contributed by atoms with van der Waals surface area (Å²) < 4.78 is 13.1. The number of benzene rings is 1. The summed E-state index contributed by atoms with van der Waals surface area (Å²) in [5, 5.41) is 8.73. The lowest BCUT2D eigenvalue weighted by molar-refractivity contribution is -0.143. The molecule has 0 saturated heterocycles. The lowest BCUT2D eigenvalue weighted by Gasteiger charge is -2.19. The largest absolute Gasteiger partial charge is 0.480 e. The maximum absolute atomic E-state index is 13.1. The minimum Gasteiger partial charge on any atom is -0.480 e. The van der Waals surface area contributed by atoms with Crippen molar-refractivity contribution in [3.8, 4) is 0 Å². The van der Waals surface area contributed by atoms with E-state index in [0.29, 0.717) is 0 Å². The molecule has 1 unspecified atom stereocenters. The van der Waals surface area contributed by atoms with E-state index in [0.717, 1.165) is 0 Å². The summed E-state index contributed by atoms with van der Waals surface area (Å²) in [6.07, 6.45) is 0. The van der Waals surface area contributed by atoms with E-state index < -0.39 is 17.3 Å². The molecule has 3 N–H and O–H groups in total. The predicted octanol–water partition coefficient (Wildman–Crippen LogP) is 1.08. The van der Waals surface area contributed by atoms with Gasteiger partial charge in [0, 0.05) is 5.56 Å². The number of nitrogens with two attached hydrogens (primary N) is 1. The standard InChI is InChI=1S/C9H10FNO2/c1-9(11,8(12)13)6-4-2-3-5-7(6)10/h2-5H,11H2,1H3,(H,12,13). The van der Waals surface area contributed by atoms with Crippen LogP contribution in [-0.2, 0) is 10.3 Å². The molecule has 0 aliphatic carbocycles. The topological polar surface area (TPSA) is 63.3 Å². The van der Waals surface area contributed by atoms with E-state index in [4.69, 9.17) is 10.8 Å². The highest BCUT2D eigenvalue weighted by Gasteiger charge is 2.32. The van der Waals surface area contributed by atoms with Crippen LogP contribution in [-0.4, -0.2) is 11.1 Å². The first kappa shape index (κ1) is 9.67. The number of carboxylic acids is 1. The Kier molecular flexibility index (Phi) is 2.34. The van der Waals surface area contributed by atoms with E-state index in [9.17, 15) is 9.18 Å². The molecule has 0 heterocycles. The van der Waals surface area contributed by atoms with Crippen LogP contribution >= 0.6 is 0 Å². The summed E-state index contributed by atoms with van der Waals surface area (Å²) in [7, 11) is 0. The molecule has 4 heteroatoms. The van der Waals surface area contributed by atoms with Gasteiger partial charge in [0.2, 0.25) is 0 Å². The fraction of sp³-hybridized carbons (Fsp3) is 0.222. The number of carboxylic acid groups (broad SMARTS) is 1. The Labute approximate surface area is 75.0 Å². The summed E-state index contributed by atoms with van der Waals surface area (Å²) in [5.74, 6) is -1.85. The molecule has 0 spiro atoms. The number of hydrogen-bond acceptors (Lipinski definition) is 2. The molecule has 0 radical (unpaired) electrons. The van der Waals surface area contributed by atoms with Crippen molar-refractivity contribution >= 4 is 5.97 Å². The molecule has 0 amide bonds. The Morgan fingerprint density at radius 2 is 2.08 bits per heavy atom. The average Bonchev–Trinajstić information content (AvgIpc) is 2.04. The first-order valence-corrected chi connectivity index (χ1v) is 3.73. The molecular weight excluding hydrogens is 173 g/mol. The average molecular weight is 183 g/mol. The van der Waals surface area contributed by atoms with E-state index >= 15 is 0 Å². The molecule has 1 aromatic carbocycles. The SMILES string of the molecule is CC(N)(C(=O)O)c1ccccc1F. The summed E-state index contributed by atoms with van der Waals surface area (Å²) in [6.45, 7) is 1.26. The van der Waals surface area contributed by atoms with Crippen LogP contribution in [0.25, 0.3) is 0 Å². The molecule has 0 saturated carbocycles. The van der Waals surface area contributed by atoms with E-state index in [1.54, 1.807) is 6.07 Å². The van der Waals surface area contributed by atoms with Crippen molar-refractivity contribution in [3.63, 3.8) is 0 Å². The van der Waals surface area contributed by atoms with Crippen molar-refractivity contribution in [2.75, 3.05) is 0 Å². The molecule has 0 aliphatic rings. The molecule has 0 fully saturated rings. The van der Waals surface area contributed by atoms with Crippen molar-refractivity contribution in [1.82, 2.24) is 0 Å². The molecule has 13 heavy (non-hydrogen) atoms. The van der Waals surface area contributed by atoms with Crippen LogP contribution in [0.3, 0.4) is 0 Å². The van der Waals surface area contributed by atoms with Gasteiger partial charge in [-0.1, -0.05) is 18.2 Å². The van der Waals surface area contributed by atoms with Gasteiger partial charge in [-0.25, -0.2) is 9.18 Å². The van der Waals surface area contributed by atoms with Gasteiger partial charge in [0.15, 0.2) is 0 Å². The van der Waals surface area contributed by atoms with Crippen LogP contribution in [0.15, 0.2) is 24.3 Å². The second-order valence-electron chi connectivity index (χ2n) is 2.99. The zero-order valence-electron chi connectivity index (χ0n) is 7.12. The van der Waals surface area contributed by atoms with Gasteiger partial charge in [0.1, 0.15) is 11.4 Å². The number of carbonyl (C=O) groups is 1. The fourth-order valence-electron chi connectivity index (χ4n) is 0.998. The number of rotatable bonds is 2. The van der Waals surface area contributed by atoms with Gasteiger partial charge in [-0.2, -0.15) is 0 Å². The van der Waals surface area contributed by atoms with E-state index in [1.807, 2.05) is 0 Å². The van der Waals surface area contributed by atoms with Crippen molar-refractivity contribution < 1.29 is 14.3 Å². The summed E-state index contributed by atoms with van der Waals surface area (Å²) in [5.41, 5.74) is 3.76. The Morgan fingerprint density at radius 1 is 1.54 bits per heavy atom. The molecule has 1 aromatic rings. The molecule has 1 rings (SSSR count). The first-order chi connectivity index (χ1) is 5.96. The van der Waals surface area contributed by atoms with Crippen molar-refractivity contribution in [2.45, 2.75) is 12.5 Å². The van der Waals surface area contributed by atoms with Gasteiger partial charge in [0.05, 0.1) is 0 Å². The fourth-order valence-corrected chi connectivity index (χ4v) is 0.998. The predicted molar refractivity (Wildman–Crippen MR) is 45.6 cm³/mol. The molecule has 0 bridgehead atoms. The monoisotopic (exact) mass is 183 g/mol. The third-order valence-corrected chi connectivity index (χ3v) is 1.88. The third-order valence-electron chi connectivity index (χ3n) is 1.88. The van der Waals surface area contributed by atoms with Gasteiger partial charge in [-0.15, -0.1) is 0 Å². The van der Waals surface area contributed by atoms with Gasteiger partial charge in [0.25, 0.3) is 0 Å². The zero-order chi connectivity index (χ0) is 10.1. The minimum atomic E-state index is -1.68. The quantitative estimate of drug-likeness (QED) is 0.721. The summed E-state index contributed by atoms with van der Waals surface area (Å²) >= 11 is 0. The normalized spacial score (nSPS) is 15.0. The third kappa shape index (κ3) is 1.67. The molecule has 3 nitrogen and oxygen atoms in total. The number of hydrogen-bond donors (Lipinski definition) is 2. The highest BCUT2D eigenvalue weighted by Crippen LogP contribution is 2.20. The Hall–Kier alpha value is -1.42. The van der Waals surface area contributed by atoms with Crippen LogP contribution in [0.4, 0.5) is 4.39 Å². The van der Waals surface area contributed by atoms with Crippen LogP contribution in [0.5, 0.6) is 0 Å². The highest BCUT2D eigenvalue weighted by atomic mass is 19.1. The Morgan fingerprint density at radius 3 is 2.54 bits per heavy atom. The zero-order valence-corrected chi connectivity index (χ0v) is 7.12. The Bertz CT molecular complexity index is 336. The van der Waals surface area contributed by atoms with E-state index in [2.05, 4.69) is 0 Å². The number of halogens is 1. The second-order valence-corrected chi connectivity index (χ2v) is 2.99. The Balaban J connectivity index is 3.22. The van der Waals surface area contributed by atoms with Crippen LogP contribution in [0.2, 0.25) is 0 Å². The smallest absolute Gasteiger partial charge is 0.328 e. The molecule has 70 valence electrons. The van der Waals surface area contributed by atoms with Crippen molar-refractivity contribution in [2.24, 2.45) is 5.73 Å². The maximum Gasteiger partial charge on any atom is 0.328 e. The van der Waals surface area contributed by atoms with Crippen LogP contribution in [0.1, 0.15) is 12.5 Å². The minimum absolute atomic E-state index is 0.0116. The first-order valence-electron chi connectivity index (χ1n) is 3.73. The van der Waals surface area contributed by atoms with Gasteiger partial charge >= 0.3 is 5.97 Å². The van der Waals surface area contributed by atoms with E-state index in [-0.39, 0.29) is 5.56 Å². The number of aliphatic carboxylic acids is 1. The van der Waals surface area contributed by atoms with Gasteiger partial charge < -0.3 is 10.8 Å². The summed E-state index contributed by atoms with van der Waals surface area (Å²) in [4.78, 5) is 10.7. The van der Waals surface area contributed by atoms with Crippen LogP contribution < -0.4 is 5.73 Å². The lowest BCUT2D eigenvalue weighted by atomic mass is 9.93. The van der Waals surface area contributed by atoms with Crippen molar-refractivity contribution in [1.29, 1.82) is 0 Å². The highest BCUT2D eigenvalue weighted by molar-refractivity contribution is 5.79. The van der Waals surface area contributed by atoms with Gasteiger partial charge in [-0.3, -0.25) is 0 Å².